The van der Waals surface area contributed by atoms with E-state index in [0.717, 1.165) is 6.07 Å². The summed E-state index contributed by atoms with van der Waals surface area (Å²) in [6.07, 6.45) is 0. The Kier molecular flexibility index (Phi) is 4.50. The van der Waals surface area contributed by atoms with E-state index in [1.54, 1.807) is 6.92 Å². The quantitative estimate of drug-likeness (QED) is 0.925. The molecule has 0 aliphatic heterocycles. The molecule has 0 heterocycles. The summed E-state index contributed by atoms with van der Waals surface area (Å²) in [5.41, 5.74) is -5.33. The van der Waals surface area contributed by atoms with Crippen LogP contribution in [0.5, 0.6) is 0 Å². The summed E-state index contributed by atoms with van der Waals surface area (Å²) in [4.78, 5) is -0.741. The van der Waals surface area contributed by atoms with Crippen LogP contribution in [0.3, 0.4) is 0 Å². The molecule has 19 heavy (non-hydrogen) atoms. The van der Waals surface area contributed by atoms with Crippen molar-refractivity contribution < 1.29 is 21.6 Å². The molecule has 108 valence electrons. The average molecular weight is 295 g/mol. The van der Waals surface area contributed by atoms with Crippen LogP contribution in [0, 0.1) is 5.92 Å². The van der Waals surface area contributed by atoms with E-state index in [4.69, 9.17) is 0 Å². The van der Waals surface area contributed by atoms with Gasteiger partial charge in [-0.1, -0.05) is 26.0 Å². The van der Waals surface area contributed by atoms with Gasteiger partial charge >= 0.3 is 5.51 Å². The second-order valence-corrected chi connectivity index (χ2v) is 6.53. The van der Waals surface area contributed by atoms with Gasteiger partial charge in [-0.25, -0.2) is 8.42 Å². The van der Waals surface area contributed by atoms with Gasteiger partial charge in [-0.05, 0) is 25.0 Å². The molecule has 0 spiro atoms. The molecule has 0 saturated heterocycles. The fourth-order valence-corrected chi connectivity index (χ4v) is 2.28. The van der Waals surface area contributed by atoms with Crippen molar-refractivity contribution >= 4 is 15.5 Å². The highest BCUT2D eigenvalue weighted by Gasteiger charge is 2.47. The maximum atomic E-state index is 12.6. The Labute approximate surface area is 110 Å². The molecular weight excluding hydrogens is 279 g/mol. The first-order chi connectivity index (χ1) is 8.57. The van der Waals surface area contributed by atoms with Gasteiger partial charge in [0.2, 0.25) is 0 Å². The summed E-state index contributed by atoms with van der Waals surface area (Å²) in [5.74, 6) is 0.154. The molecular formula is C12H16F3NO2S. The molecule has 0 fully saturated rings. The van der Waals surface area contributed by atoms with Gasteiger partial charge in [-0.2, -0.15) is 13.2 Å². The minimum atomic E-state index is -5.34. The third kappa shape index (κ3) is 3.40. The summed E-state index contributed by atoms with van der Waals surface area (Å²) in [6, 6.07) is 4.90. The Morgan fingerprint density at radius 1 is 1.11 bits per heavy atom. The molecule has 3 nitrogen and oxygen atoms in total. The van der Waals surface area contributed by atoms with Crippen molar-refractivity contribution in [2.75, 3.05) is 5.32 Å². The van der Waals surface area contributed by atoms with Crippen LogP contribution in [-0.4, -0.2) is 20.0 Å². The number of hydrogen-bond acceptors (Lipinski definition) is 3. The molecule has 1 aromatic rings. The summed E-state index contributed by atoms with van der Waals surface area (Å²) in [5, 5.41) is 2.81. The zero-order chi connectivity index (χ0) is 14.8. The highest BCUT2D eigenvalue weighted by Crippen LogP contribution is 2.34. The van der Waals surface area contributed by atoms with Crippen molar-refractivity contribution in [2.24, 2.45) is 5.92 Å². The van der Waals surface area contributed by atoms with Crippen molar-refractivity contribution in [3.8, 4) is 0 Å². The standard InChI is InChI=1S/C12H16F3NO2S/c1-8(2)9(3)16-10-6-4-5-7-11(10)19(17,18)12(13,14)15/h4-9,16H,1-3H3. The Balaban J connectivity index is 3.25. The lowest BCUT2D eigenvalue weighted by Crippen LogP contribution is -2.27. The smallest absolute Gasteiger partial charge is 0.381 e. The number of halogens is 3. The molecule has 0 bridgehead atoms. The van der Waals surface area contributed by atoms with Crippen molar-refractivity contribution in [3.63, 3.8) is 0 Å². The predicted molar refractivity (Wildman–Crippen MR) is 67.6 cm³/mol. The fraction of sp³-hybridized carbons (Fsp3) is 0.500. The number of rotatable bonds is 4. The van der Waals surface area contributed by atoms with Gasteiger partial charge in [0.1, 0.15) is 0 Å². The number of alkyl halides is 3. The normalized spacial score (nSPS) is 14.5. The van der Waals surface area contributed by atoms with E-state index in [0.29, 0.717) is 0 Å². The molecule has 0 aliphatic rings. The molecule has 1 rings (SSSR count). The van der Waals surface area contributed by atoms with Crippen LogP contribution in [0.15, 0.2) is 29.2 Å². The van der Waals surface area contributed by atoms with Gasteiger partial charge in [-0.15, -0.1) is 0 Å². The molecule has 1 aromatic carbocycles. The Morgan fingerprint density at radius 2 is 1.63 bits per heavy atom. The maximum Gasteiger partial charge on any atom is 0.501 e. The van der Waals surface area contributed by atoms with E-state index in [1.165, 1.54) is 18.2 Å². The number of hydrogen-bond donors (Lipinski definition) is 1. The molecule has 1 atom stereocenters. The lowest BCUT2D eigenvalue weighted by Gasteiger charge is -2.21. The van der Waals surface area contributed by atoms with Gasteiger partial charge in [0.25, 0.3) is 9.84 Å². The van der Waals surface area contributed by atoms with Gasteiger partial charge in [0.05, 0.1) is 10.6 Å². The predicted octanol–water partition coefficient (Wildman–Crippen LogP) is 3.44. The van der Waals surface area contributed by atoms with E-state index in [2.05, 4.69) is 5.32 Å². The number of nitrogens with one attached hydrogen (secondary N) is 1. The average Bonchev–Trinajstić information content (AvgIpc) is 2.27. The number of anilines is 1. The van der Waals surface area contributed by atoms with Gasteiger partial charge in [0.15, 0.2) is 0 Å². The lowest BCUT2D eigenvalue weighted by atomic mass is 10.1. The van der Waals surface area contributed by atoms with Crippen molar-refractivity contribution in [2.45, 2.75) is 37.2 Å². The number of benzene rings is 1. The van der Waals surface area contributed by atoms with E-state index in [-0.39, 0.29) is 17.6 Å². The SMILES string of the molecule is CC(C)C(C)Nc1ccccc1S(=O)(=O)C(F)(F)F. The topological polar surface area (TPSA) is 46.2 Å². The van der Waals surface area contributed by atoms with Crippen LogP contribution in [0.2, 0.25) is 0 Å². The first-order valence-electron chi connectivity index (χ1n) is 5.74. The third-order valence-corrected chi connectivity index (χ3v) is 4.41. The minimum absolute atomic E-state index is 0.0268. The molecule has 0 saturated carbocycles. The fourth-order valence-electron chi connectivity index (χ4n) is 1.36. The molecule has 0 aromatic heterocycles. The van der Waals surface area contributed by atoms with E-state index in [9.17, 15) is 21.6 Å². The third-order valence-electron chi connectivity index (χ3n) is 2.86. The van der Waals surface area contributed by atoms with Gasteiger partial charge < -0.3 is 5.32 Å². The van der Waals surface area contributed by atoms with Crippen LogP contribution in [0.1, 0.15) is 20.8 Å². The zero-order valence-electron chi connectivity index (χ0n) is 10.8. The second-order valence-electron chi connectivity index (χ2n) is 4.62. The lowest BCUT2D eigenvalue weighted by molar-refractivity contribution is -0.0435. The Bertz CT molecular complexity index is 538. The van der Waals surface area contributed by atoms with E-state index < -0.39 is 20.2 Å². The maximum absolute atomic E-state index is 12.6. The van der Waals surface area contributed by atoms with Crippen molar-refractivity contribution in [3.05, 3.63) is 24.3 Å². The van der Waals surface area contributed by atoms with E-state index in [1.807, 2.05) is 13.8 Å². The van der Waals surface area contributed by atoms with Crippen LogP contribution in [0.4, 0.5) is 18.9 Å². The number of para-hydroxylation sites is 1. The van der Waals surface area contributed by atoms with Crippen LogP contribution >= 0.6 is 0 Å². The van der Waals surface area contributed by atoms with Crippen LogP contribution in [-0.2, 0) is 9.84 Å². The van der Waals surface area contributed by atoms with Crippen molar-refractivity contribution in [1.82, 2.24) is 0 Å². The second kappa shape index (κ2) is 5.40. The van der Waals surface area contributed by atoms with Crippen LogP contribution in [0.25, 0.3) is 0 Å². The summed E-state index contributed by atoms with van der Waals surface area (Å²) < 4.78 is 60.7. The molecule has 0 aliphatic carbocycles. The highest BCUT2D eigenvalue weighted by molar-refractivity contribution is 7.92. The molecule has 7 heteroatoms. The Hall–Kier alpha value is -1.24. The van der Waals surface area contributed by atoms with Crippen molar-refractivity contribution in [1.29, 1.82) is 0 Å². The zero-order valence-corrected chi connectivity index (χ0v) is 11.6. The molecule has 1 unspecified atom stereocenters. The largest absolute Gasteiger partial charge is 0.501 e. The first kappa shape index (κ1) is 15.8. The monoisotopic (exact) mass is 295 g/mol. The van der Waals surface area contributed by atoms with E-state index >= 15 is 0 Å². The summed E-state index contributed by atoms with van der Waals surface area (Å²) in [7, 11) is -5.34. The summed E-state index contributed by atoms with van der Waals surface area (Å²) in [6.45, 7) is 5.55. The molecule has 0 amide bonds. The molecule has 1 N–H and O–H groups in total. The Morgan fingerprint density at radius 3 is 2.11 bits per heavy atom. The number of sulfone groups is 1. The first-order valence-corrected chi connectivity index (χ1v) is 7.22. The summed E-state index contributed by atoms with van der Waals surface area (Å²) >= 11 is 0. The van der Waals surface area contributed by atoms with Crippen LogP contribution < -0.4 is 5.32 Å². The molecule has 0 radical (unpaired) electrons. The van der Waals surface area contributed by atoms with Gasteiger partial charge in [-0.3, -0.25) is 0 Å². The highest BCUT2D eigenvalue weighted by atomic mass is 32.2. The minimum Gasteiger partial charge on any atom is -0.381 e. The van der Waals surface area contributed by atoms with Gasteiger partial charge in [0, 0.05) is 6.04 Å².